The number of carbonyl (C=O) groups excluding carboxylic acids is 1. The average molecular weight is 446 g/mol. The number of hydrogen-bond donors (Lipinski definition) is 0. The molecule has 0 spiro atoms. The summed E-state index contributed by atoms with van der Waals surface area (Å²) in [5, 5.41) is 9.22. The molecule has 172 valence electrons. The van der Waals surface area contributed by atoms with Crippen molar-refractivity contribution in [3.63, 3.8) is 0 Å². The van der Waals surface area contributed by atoms with Crippen LogP contribution in [0.4, 0.5) is 5.95 Å². The van der Waals surface area contributed by atoms with Gasteiger partial charge in [-0.25, -0.2) is 0 Å². The number of anilines is 1. The zero-order valence-corrected chi connectivity index (χ0v) is 19.6. The van der Waals surface area contributed by atoms with Crippen LogP contribution in [0.25, 0.3) is 0 Å². The minimum Gasteiger partial charge on any atom is -0.490 e. The van der Waals surface area contributed by atoms with Crippen molar-refractivity contribution in [1.29, 1.82) is 0 Å². The van der Waals surface area contributed by atoms with Gasteiger partial charge in [-0.3, -0.25) is 9.36 Å². The summed E-state index contributed by atoms with van der Waals surface area (Å²) >= 11 is 0. The van der Waals surface area contributed by atoms with Gasteiger partial charge in [-0.2, -0.15) is 0 Å². The van der Waals surface area contributed by atoms with Gasteiger partial charge in [0.15, 0.2) is 0 Å². The molecule has 1 aliphatic heterocycles. The first-order chi connectivity index (χ1) is 16.0. The predicted molar refractivity (Wildman–Crippen MR) is 128 cm³/mol. The number of amides is 1. The molecule has 5 rings (SSSR count). The predicted octanol–water partition coefficient (Wildman–Crippen LogP) is 3.64. The molecule has 0 N–H and O–H groups in total. The Morgan fingerprint density at radius 1 is 1.03 bits per heavy atom. The lowest BCUT2D eigenvalue weighted by molar-refractivity contribution is 0.0826. The second-order valence-corrected chi connectivity index (χ2v) is 9.36. The van der Waals surface area contributed by atoms with Gasteiger partial charge in [0.05, 0.1) is 5.41 Å². The van der Waals surface area contributed by atoms with E-state index in [1.54, 1.807) is 19.0 Å². The van der Waals surface area contributed by atoms with Crippen molar-refractivity contribution < 1.29 is 9.53 Å². The standard InChI is InChI=1S/C26H31N5O2/c1-29(2)23(32)19-8-7-11-22(18-19)33-21-12-16-31(17-13-21)25-28-27-24(30(25)3)26(14-15-26)20-9-5-4-6-10-20/h4-11,18,21H,12-17H2,1-3H3. The number of carbonyl (C=O) groups is 1. The first-order valence-electron chi connectivity index (χ1n) is 11.7. The van der Waals surface area contributed by atoms with Crippen LogP contribution in [0.1, 0.15) is 47.4 Å². The molecular formula is C26H31N5O2. The molecular weight excluding hydrogens is 414 g/mol. The number of piperidine rings is 1. The van der Waals surface area contributed by atoms with E-state index in [4.69, 9.17) is 4.74 Å². The van der Waals surface area contributed by atoms with Crippen molar-refractivity contribution >= 4 is 11.9 Å². The van der Waals surface area contributed by atoms with Gasteiger partial charge < -0.3 is 14.5 Å². The van der Waals surface area contributed by atoms with Crippen LogP contribution in [-0.2, 0) is 12.5 Å². The normalized spacial score (nSPS) is 17.6. The molecule has 1 aromatic heterocycles. The third kappa shape index (κ3) is 4.08. The maximum Gasteiger partial charge on any atom is 0.253 e. The van der Waals surface area contributed by atoms with E-state index < -0.39 is 0 Å². The molecule has 2 aliphatic rings. The first kappa shape index (κ1) is 21.5. The Labute approximate surface area is 195 Å². The molecule has 1 aliphatic carbocycles. The first-order valence-corrected chi connectivity index (χ1v) is 11.7. The van der Waals surface area contributed by atoms with Gasteiger partial charge >= 0.3 is 0 Å². The van der Waals surface area contributed by atoms with Crippen LogP contribution < -0.4 is 9.64 Å². The molecule has 1 saturated heterocycles. The molecule has 0 atom stereocenters. The van der Waals surface area contributed by atoms with Crippen molar-refractivity contribution in [1.82, 2.24) is 19.7 Å². The summed E-state index contributed by atoms with van der Waals surface area (Å²) in [6.07, 6.45) is 4.16. The minimum atomic E-state index is -0.0164. The zero-order valence-electron chi connectivity index (χ0n) is 19.6. The Bertz CT molecular complexity index is 1130. The van der Waals surface area contributed by atoms with Crippen molar-refractivity contribution in [3.05, 3.63) is 71.5 Å². The Morgan fingerprint density at radius 3 is 2.42 bits per heavy atom. The molecule has 7 nitrogen and oxygen atoms in total. The van der Waals surface area contributed by atoms with Gasteiger partial charge in [0, 0.05) is 52.6 Å². The highest BCUT2D eigenvalue weighted by atomic mass is 16.5. The van der Waals surface area contributed by atoms with Gasteiger partial charge in [0.25, 0.3) is 5.91 Å². The quantitative estimate of drug-likeness (QED) is 0.580. The lowest BCUT2D eigenvalue weighted by Gasteiger charge is -2.32. The Hall–Kier alpha value is -3.35. The summed E-state index contributed by atoms with van der Waals surface area (Å²) in [6, 6.07) is 18.1. The van der Waals surface area contributed by atoms with Crippen LogP contribution in [-0.4, -0.2) is 58.9 Å². The third-order valence-electron chi connectivity index (χ3n) is 6.87. The Kier molecular flexibility index (Phi) is 5.56. The number of hydrogen-bond acceptors (Lipinski definition) is 5. The lowest BCUT2D eigenvalue weighted by Crippen LogP contribution is -2.39. The molecule has 1 saturated carbocycles. The lowest BCUT2D eigenvalue weighted by atomic mass is 9.95. The maximum absolute atomic E-state index is 12.2. The van der Waals surface area contributed by atoms with Gasteiger partial charge in [-0.1, -0.05) is 36.4 Å². The van der Waals surface area contributed by atoms with Crippen LogP contribution in [0.5, 0.6) is 5.75 Å². The fraction of sp³-hybridized carbons (Fsp3) is 0.423. The van der Waals surface area contributed by atoms with E-state index in [1.165, 1.54) is 5.56 Å². The summed E-state index contributed by atoms with van der Waals surface area (Å²) in [6.45, 7) is 1.73. The SMILES string of the molecule is CN(C)C(=O)c1cccc(OC2CCN(c3nnc(C4(c5ccccc5)CC4)n3C)CC2)c1. The Balaban J connectivity index is 1.24. The highest BCUT2D eigenvalue weighted by molar-refractivity contribution is 5.94. The number of benzene rings is 2. The molecule has 0 bridgehead atoms. The molecule has 0 radical (unpaired) electrons. The molecule has 7 heteroatoms. The van der Waals surface area contributed by atoms with Crippen LogP contribution in [0, 0.1) is 0 Å². The molecule has 3 aromatic rings. The zero-order chi connectivity index (χ0) is 23.0. The van der Waals surface area contributed by atoms with Crippen LogP contribution >= 0.6 is 0 Å². The summed E-state index contributed by atoms with van der Waals surface area (Å²) in [4.78, 5) is 16.1. The fourth-order valence-electron chi connectivity index (χ4n) is 4.86. The highest BCUT2D eigenvalue weighted by Crippen LogP contribution is 2.53. The smallest absolute Gasteiger partial charge is 0.253 e. The van der Waals surface area contributed by atoms with Crippen molar-refractivity contribution in [2.75, 3.05) is 32.1 Å². The fourth-order valence-corrected chi connectivity index (χ4v) is 4.86. The summed E-state index contributed by atoms with van der Waals surface area (Å²) in [5.41, 5.74) is 1.99. The van der Waals surface area contributed by atoms with E-state index in [0.717, 1.165) is 56.3 Å². The second kappa shape index (κ2) is 8.54. The summed E-state index contributed by atoms with van der Waals surface area (Å²) in [5.74, 6) is 2.73. The Morgan fingerprint density at radius 2 is 1.76 bits per heavy atom. The van der Waals surface area contributed by atoms with Crippen LogP contribution in [0.2, 0.25) is 0 Å². The largest absolute Gasteiger partial charge is 0.490 e. The monoisotopic (exact) mass is 445 g/mol. The second-order valence-electron chi connectivity index (χ2n) is 9.36. The van der Waals surface area contributed by atoms with Crippen LogP contribution in [0.15, 0.2) is 54.6 Å². The summed E-state index contributed by atoms with van der Waals surface area (Å²) < 4.78 is 8.41. The van der Waals surface area contributed by atoms with Crippen molar-refractivity contribution in [2.45, 2.75) is 37.2 Å². The third-order valence-corrected chi connectivity index (χ3v) is 6.87. The van der Waals surface area contributed by atoms with E-state index in [-0.39, 0.29) is 17.4 Å². The van der Waals surface area contributed by atoms with E-state index in [0.29, 0.717) is 5.56 Å². The number of ether oxygens (including phenoxy) is 1. The molecule has 2 heterocycles. The van der Waals surface area contributed by atoms with E-state index in [1.807, 2.05) is 24.3 Å². The topological polar surface area (TPSA) is 63.5 Å². The van der Waals surface area contributed by atoms with Crippen LogP contribution in [0.3, 0.4) is 0 Å². The van der Waals surface area contributed by atoms with Gasteiger partial charge in [-0.15, -0.1) is 10.2 Å². The van der Waals surface area contributed by atoms with E-state index >= 15 is 0 Å². The molecule has 1 amide bonds. The number of rotatable bonds is 6. The summed E-state index contributed by atoms with van der Waals surface area (Å²) in [7, 11) is 5.60. The van der Waals surface area contributed by atoms with E-state index in [2.05, 4.69) is 57.0 Å². The molecule has 0 unspecified atom stereocenters. The van der Waals surface area contributed by atoms with Crippen molar-refractivity contribution in [3.8, 4) is 5.75 Å². The minimum absolute atomic E-state index is 0.0116. The molecule has 2 fully saturated rings. The van der Waals surface area contributed by atoms with Gasteiger partial charge in [0.2, 0.25) is 5.95 Å². The maximum atomic E-state index is 12.2. The number of aromatic nitrogens is 3. The molecule has 33 heavy (non-hydrogen) atoms. The van der Waals surface area contributed by atoms with Crippen molar-refractivity contribution in [2.24, 2.45) is 7.05 Å². The van der Waals surface area contributed by atoms with E-state index in [9.17, 15) is 4.79 Å². The molecule has 2 aromatic carbocycles. The highest BCUT2D eigenvalue weighted by Gasteiger charge is 2.50. The average Bonchev–Trinajstić information content (AvgIpc) is 3.56. The number of nitrogens with zero attached hydrogens (tertiary/aromatic N) is 5. The van der Waals surface area contributed by atoms with Gasteiger partial charge in [-0.05, 0) is 36.6 Å². The van der Waals surface area contributed by atoms with Gasteiger partial charge in [0.1, 0.15) is 17.7 Å².